The van der Waals surface area contributed by atoms with Gasteiger partial charge in [-0.05, 0) is 50.9 Å². The summed E-state index contributed by atoms with van der Waals surface area (Å²) in [4.78, 5) is 2.66. The first-order valence-corrected chi connectivity index (χ1v) is 8.25. The SMILES string of the molecule is CC1CN(C2(CN)CCC3(CCCC3)CC2)CCO1. The standard InChI is InChI=1S/C16H30N2O/c1-14-12-18(10-11-19-14)16(13-17)8-6-15(7-9-16)4-2-3-5-15/h14H,2-13,17H2,1H3. The third-order valence-corrected chi connectivity index (χ3v) is 6.20. The average molecular weight is 266 g/mol. The fourth-order valence-corrected chi connectivity index (χ4v) is 4.77. The van der Waals surface area contributed by atoms with E-state index in [1.807, 2.05) is 0 Å². The molecule has 0 aromatic carbocycles. The molecule has 1 heterocycles. The largest absolute Gasteiger partial charge is 0.376 e. The van der Waals surface area contributed by atoms with Gasteiger partial charge in [0, 0.05) is 25.2 Å². The summed E-state index contributed by atoms with van der Waals surface area (Å²) in [5.74, 6) is 0. The van der Waals surface area contributed by atoms with E-state index in [1.54, 1.807) is 0 Å². The molecule has 3 rings (SSSR count). The lowest BCUT2D eigenvalue weighted by Gasteiger charge is -2.52. The molecule has 3 nitrogen and oxygen atoms in total. The van der Waals surface area contributed by atoms with E-state index in [2.05, 4.69) is 11.8 Å². The van der Waals surface area contributed by atoms with Crippen molar-refractivity contribution in [3.05, 3.63) is 0 Å². The zero-order valence-corrected chi connectivity index (χ0v) is 12.5. The molecule has 2 N–H and O–H groups in total. The molecule has 0 aromatic rings. The van der Waals surface area contributed by atoms with Gasteiger partial charge in [-0.25, -0.2) is 0 Å². The van der Waals surface area contributed by atoms with Gasteiger partial charge in [-0.2, -0.15) is 0 Å². The summed E-state index contributed by atoms with van der Waals surface area (Å²) in [5.41, 5.74) is 7.21. The van der Waals surface area contributed by atoms with Gasteiger partial charge in [-0.1, -0.05) is 12.8 Å². The molecule has 1 aliphatic heterocycles. The molecule has 1 unspecified atom stereocenters. The van der Waals surface area contributed by atoms with Gasteiger partial charge in [0.2, 0.25) is 0 Å². The van der Waals surface area contributed by atoms with Crippen molar-refractivity contribution in [1.82, 2.24) is 4.90 Å². The second-order valence-electron chi connectivity index (χ2n) is 7.26. The molecule has 1 spiro atoms. The topological polar surface area (TPSA) is 38.5 Å². The third kappa shape index (κ3) is 2.57. The molecule has 1 atom stereocenters. The van der Waals surface area contributed by atoms with Crippen LogP contribution in [0.3, 0.4) is 0 Å². The number of morpholine rings is 1. The summed E-state index contributed by atoms with van der Waals surface area (Å²) in [6.07, 6.45) is 11.7. The van der Waals surface area contributed by atoms with Crippen molar-refractivity contribution in [2.45, 2.75) is 69.9 Å². The number of nitrogens with two attached hydrogens (primary N) is 1. The summed E-state index contributed by atoms with van der Waals surface area (Å²) < 4.78 is 5.70. The molecule has 1 saturated heterocycles. The zero-order valence-electron chi connectivity index (χ0n) is 12.5. The molecule has 0 amide bonds. The Bertz CT molecular complexity index is 302. The van der Waals surface area contributed by atoms with Gasteiger partial charge in [-0.3, -0.25) is 4.90 Å². The van der Waals surface area contributed by atoms with E-state index in [4.69, 9.17) is 10.5 Å². The van der Waals surface area contributed by atoms with Crippen molar-refractivity contribution >= 4 is 0 Å². The van der Waals surface area contributed by atoms with E-state index < -0.39 is 0 Å². The number of nitrogens with zero attached hydrogens (tertiary/aromatic N) is 1. The molecule has 0 radical (unpaired) electrons. The van der Waals surface area contributed by atoms with Crippen LogP contribution >= 0.6 is 0 Å². The van der Waals surface area contributed by atoms with Gasteiger partial charge in [0.25, 0.3) is 0 Å². The minimum atomic E-state index is 0.284. The quantitative estimate of drug-likeness (QED) is 0.835. The van der Waals surface area contributed by atoms with Crippen molar-refractivity contribution in [1.29, 1.82) is 0 Å². The van der Waals surface area contributed by atoms with E-state index >= 15 is 0 Å². The molecule has 2 saturated carbocycles. The first-order valence-electron chi connectivity index (χ1n) is 8.25. The summed E-state index contributed by atoms with van der Waals surface area (Å²) in [7, 11) is 0. The molecule has 110 valence electrons. The number of hydrogen-bond donors (Lipinski definition) is 1. The van der Waals surface area contributed by atoms with E-state index in [9.17, 15) is 0 Å². The fourth-order valence-electron chi connectivity index (χ4n) is 4.77. The van der Waals surface area contributed by atoms with Gasteiger partial charge < -0.3 is 10.5 Å². The van der Waals surface area contributed by atoms with E-state index in [-0.39, 0.29) is 5.54 Å². The number of rotatable bonds is 2. The lowest BCUT2D eigenvalue weighted by atomic mass is 9.65. The van der Waals surface area contributed by atoms with Crippen molar-refractivity contribution < 1.29 is 4.74 Å². The predicted molar refractivity (Wildman–Crippen MR) is 78.1 cm³/mol. The first-order chi connectivity index (χ1) is 9.18. The lowest BCUT2D eigenvalue weighted by molar-refractivity contribution is -0.0804. The Morgan fingerprint density at radius 2 is 1.79 bits per heavy atom. The summed E-state index contributed by atoms with van der Waals surface area (Å²) in [6.45, 7) is 6.06. The van der Waals surface area contributed by atoms with Crippen LogP contribution in [0.1, 0.15) is 58.3 Å². The van der Waals surface area contributed by atoms with E-state index in [0.29, 0.717) is 11.5 Å². The third-order valence-electron chi connectivity index (χ3n) is 6.20. The molecule has 0 aromatic heterocycles. The van der Waals surface area contributed by atoms with Crippen LogP contribution in [0.15, 0.2) is 0 Å². The van der Waals surface area contributed by atoms with E-state index in [1.165, 1.54) is 51.4 Å². The van der Waals surface area contributed by atoms with Gasteiger partial charge in [0.15, 0.2) is 0 Å². The molecule has 0 bridgehead atoms. The Hall–Kier alpha value is -0.120. The van der Waals surface area contributed by atoms with E-state index in [0.717, 1.165) is 26.2 Å². The maximum Gasteiger partial charge on any atom is 0.0674 e. The highest BCUT2D eigenvalue weighted by atomic mass is 16.5. The van der Waals surface area contributed by atoms with Crippen LogP contribution in [0.25, 0.3) is 0 Å². The summed E-state index contributed by atoms with van der Waals surface area (Å²) >= 11 is 0. The molecule has 19 heavy (non-hydrogen) atoms. The second kappa shape index (κ2) is 5.34. The molecule has 2 aliphatic carbocycles. The van der Waals surface area contributed by atoms with Crippen LogP contribution in [-0.2, 0) is 4.74 Å². The van der Waals surface area contributed by atoms with Gasteiger partial charge in [0.05, 0.1) is 12.7 Å². The van der Waals surface area contributed by atoms with Crippen LogP contribution < -0.4 is 5.73 Å². The Balaban J connectivity index is 1.67. The smallest absolute Gasteiger partial charge is 0.0674 e. The van der Waals surface area contributed by atoms with Crippen molar-refractivity contribution in [2.24, 2.45) is 11.1 Å². The zero-order chi connectivity index (χ0) is 13.3. The second-order valence-corrected chi connectivity index (χ2v) is 7.26. The number of ether oxygens (including phenoxy) is 1. The van der Waals surface area contributed by atoms with Crippen LogP contribution in [0.4, 0.5) is 0 Å². The molecule has 3 heteroatoms. The Morgan fingerprint density at radius 3 is 2.37 bits per heavy atom. The minimum absolute atomic E-state index is 0.284. The Kier molecular flexibility index (Phi) is 3.89. The first kappa shape index (κ1) is 13.8. The van der Waals surface area contributed by atoms with Crippen LogP contribution in [-0.4, -0.2) is 42.8 Å². The minimum Gasteiger partial charge on any atom is -0.376 e. The average Bonchev–Trinajstić information content (AvgIpc) is 2.89. The number of hydrogen-bond acceptors (Lipinski definition) is 3. The lowest BCUT2D eigenvalue weighted by Crippen LogP contribution is -2.60. The highest BCUT2D eigenvalue weighted by Gasteiger charge is 2.46. The normalized spacial score (nSPS) is 34.7. The molecular formula is C16H30N2O. The molecule has 3 fully saturated rings. The maximum atomic E-state index is 6.22. The fraction of sp³-hybridized carbons (Fsp3) is 1.00. The van der Waals surface area contributed by atoms with Gasteiger partial charge >= 0.3 is 0 Å². The van der Waals surface area contributed by atoms with Crippen molar-refractivity contribution in [2.75, 3.05) is 26.2 Å². The van der Waals surface area contributed by atoms with Crippen LogP contribution in [0.2, 0.25) is 0 Å². The summed E-state index contributed by atoms with van der Waals surface area (Å²) in [6, 6.07) is 0. The van der Waals surface area contributed by atoms with Crippen LogP contribution in [0, 0.1) is 5.41 Å². The Labute approximate surface area is 117 Å². The van der Waals surface area contributed by atoms with Gasteiger partial charge in [0.1, 0.15) is 0 Å². The van der Waals surface area contributed by atoms with Gasteiger partial charge in [-0.15, -0.1) is 0 Å². The highest BCUT2D eigenvalue weighted by Crippen LogP contribution is 2.52. The maximum absolute atomic E-state index is 6.22. The Morgan fingerprint density at radius 1 is 1.11 bits per heavy atom. The monoisotopic (exact) mass is 266 g/mol. The highest BCUT2D eigenvalue weighted by molar-refractivity contribution is 5.02. The molecular weight excluding hydrogens is 236 g/mol. The van der Waals surface area contributed by atoms with Crippen molar-refractivity contribution in [3.63, 3.8) is 0 Å². The summed E-state index contributed by atoms with van der Waals surface area (Å²) in [5, 5.41) is 0. The van der Waals surface area contributed by atoms with Crippen molar-refractivity contribution in [3.8, 4) is 0 Å². The molecule has 3 aliphatic rings. The predicted octanol–water partition coefficient (Wildman–Crippen LogP) is 2.54. The van der Waals surface area contributed by atoms with Crippen LogP contribution in [0.5, 0.6) is 0 Å².